The van der Waals surface area contributed by atoms with Gasteiger partial charge in [0.15, 0.2) is 0 Å². The van der Waals surface area contributed by atoms with Gasteiger partial charge in [0.05, 0.1) is 0 Å². The zero-order valence-corrected chi connectivity index (χ0v) is 31.8. The molecule has 51 heavy (non-hydrogen) atoms. The predicted octanol–water partition coefficient (Wildman–Crippen LogP) is 12.6. The van der Waals surface area contributed by atoms with Crippen molar-refractivity contribution >= 4 is 73.9 Å². The van der Waals surface area contributed by atoms with Gasteiger partial charge < -0.3 is 16.8 Å². The van der Waals surface area contributed by atoms with Crippen molar-refractivity contribution in [3.8, 4) is 0 Å². The minimum Gasteiger partial charge on any atom is -0.398 e. The third-order valence-electron chi connectivity index (χ3n) is 9.90. The SMILES string of the molecule is Cc1c(CSc2ccccc2N)c(C)c(CSc2ccccc2NCc2c3ccccc3cc3ccccc23)c(C)c1CSc1ccccc1N. The van der Waals surface area contributed by atoms with Crippen LogP contribution in [0, 0.1) is 20.8 Å². The Balaban J connectivity index is 1.18. The molecule has 0 saturated heterocycles. The lowest BCUT2D eigenvalue weighted by molar-refractivity contribution is 1.10. The van der Waals surface area contributed by atoms with E-state index in [2.05, 4.69) is 129 Å². The van der Waals surface area contributed by atoms with E-state index in [1.807, 2.05) is 59.6 Å². The van der Waals surface area contributed by atoms with Crippen molar-refractivity contribution in [1.29, 1.82) is 0 Å². The number of nitrogens with two attached hydrogens (primary N) is 2. The second-order valence-corrected chi connectivity index (χ2v) is 16.0. The molecule has 0 bridgehead atoms. The Labute approximate surface area is 314 Å². The van der Waals surface area contributed by atoms with Crippen LogP contribution in [0.5, 0.6) is 0 Å². The van der Waals surface area contributed by atoms with Gasteiger partial charge in [-0.25, -0.2) is 0 Å². The fourth-order valence-electron chi connectivity index (χ4n) is 6.93. The molecule has 0 unspecified atom stereocenters. The fourth-order valence-corrected chi connectivity index (χ4v) is 10.4. The van der Waals surface area contributed by atoms with Crippen LogP contribution < -0.4 is 16.8 Å². The van der Waals surface area contributed by atoms with Crippen LogP contribution in [0.2, 0.25) is 0 Å². The standard InChI is InChI=1S/C45H43N3S3/c1-29-37(26-49-43-21-11-8-18-40(43)46)30(2)39(31(3)38(29)27-50-44-22-12-9-19-41(44)47)28-51-45-23-13-10-20-42(45)48-25-36-34-16-6-4-14-32(34)24-33-15-5-7-17-35(33)36/h4-24,48H,25-28,46-47H2,1-3H3. The first-order chi connectivity index (χ1) is 24.9. The van der Waals surface area contributed by atoms with E-state index in [0.717, 1.165) is 50.7 Å². The van der Waals surface area contributed by atoms with Crippen molar-refractivity contribution in [2.75, 3.05) is 16.8 Å². The van der Waals surface area contributed by atoms with E-state index < -0.39 is 0 Å². The molecule has 7 rings (SSSR count). The summed E-state index contributed by atoms with van der Waals surface area (Å²) in [5.41, 5.74) is 25.2. The highest BCUT2D eigenvalue weighted by atomic mass is 32.2. The maximum Gasteiger partial charge on any atom is 0.0481 e. The van der Waals surface area contributed by atoms with Crippen molar-refractivity contribution in [3.63, 3.8) is 0 Å². The molecular formula is C45H43N3S3. The molecule has 0 spiro atoms. The van der Waals surface area contributed by atoms with Crippen molar-refractivity contribution in [1.82, 2.24) is 0 Å². The molecule has 5 N–H and O–H groups in total. The highest BCUT2D eigenvalue weighted by Crippen LogP contribution is 2.40. The number of benzene rings is 7. The third kappa shape index (κ3) is 7.59. The average molecular weight is 722 g/mol. The number of anilines is 3. The molecule has 256 valence electrons. The van der Waals surface area contributed by atoms with Gasteiger partial charge in [0.1, 0.15) is 0 Å². The van der Waals surface area contributed by atoms with Gasteiger partial charge in [0.2, 0.25) is 0 Å². The summed E-state index contributed by atoms with van der Waals surface area (Å²) >= 11 is 5.56. The summed E-state index contributed by atoms with van der Waals surface area (Å²) in [6.45, 7) is 7.65. The second kappa shape index (κ2) is 15.8. The number of para-hydroxylation sites is 3. The van der Waals surface area contributed by atoms with E-state index in [1.165, 1.54) is 65.4 Å². The Hall–Kier alpha value is -4.49. The molecule has 0 aliphatic rings. The smallest absolute Gasteiger partial charge is 0.0481 e. The number of fused-ring (bicyclic) bond motifs is 2. The molecule has 0 fully saturated rings. The lowest BCUT2D eigenvalue weighted by Crippen LogP contribution is -2.07. The van der Waals surface area contributed by atoms with Gasteiger partial charge in [0, 0.05) is 55.6 Å². The van der Waals surface area contributed by atoms with Crippen LogP contribution in [0.25, 0.3) is 21.5 Å². The van der Waals surface area contributed by atoms with Gasteiger partial charge in [-0.2, -0.15) is 0 Å². The van der Waals surface area contributed by atoms with Crippen LogP contribution in [0.15, 0.2) is 142 Å². The molecule has 0 aliphatic carbocycles. The number of rotatable bonds is 12. The predicted molar refractivity (Wildman–Crippen MR) is 226 cm³/mol. The average Bonchev–Trinajstić information content (AvgIpc) is 3.15. The van der Waals surface area contributed by atoms with Gasteiger partial charge in [-0.1, -0.05) is 84.9 Å². The number of hydrogen-bond acceptors (Lipinski definition) is 6. The Bertz CT molecular complexity index is 2220. The Morgan fingerprint density at radius 3 is 1.33 bits per heavy atom. The topological polar surface area (TPSA) is 64.1 Å². The summed E-state index contributed by atoms with van der Waals surface area (Å²) in [6, 6.07) is 44.8. The quantitative estimate of drug-likeness (QED) is 0.0663. The van der Waals surface area contributed by atoms with Crippen LogP contribution in [-0.2, 0) is 23.8 Å². The van der Waals surface area contributed by atoms with Gasteiger partial charge in [-0.3, -0.25) is 0 Å². The van der Waals surface area contributed by atoms with E-state index in [4.69, 9.17) is 11.5 Å². The van der Waals surface area contributed by atoms with Crippen molar-refractivity contribution < 1.29 is 0 Å². The molecule has 0 saturated carbocycles. The highest BCUT2D eigenvalue weighted by Gasteiger charge is 2.19. The van der Waals surface area contributed by atoms with Crippen molar-refractivity contribution in [3.05, 3.63) is 166 Å². The molecule has 0 aliphatic heterocycles. The molecule has 0 radical (unpaired) electrons. The Morgan fingerprint density at radius 2 is 0.843 bits per heavy atom. The largest absolute Gasteiger partial charge is 0.398 e. The minimum atomic E-state index is 0.746. The summed E-state index contributed by atoms with van der Waals surface area (Å²) < 4.78 is 0. The monoisotopic (exact) mass is 721 g/mol. The van der Waals surface area contributed by atoms with Crippen LogP contribution >= 0.6 is 35.3 Å². The molecule has 7 aromatic carbocycles. The molecule has 0 amide bonds. The molecule has 6 heteroatoms. The fraction of sp³-hybridized carbons (Fsp3) is 0.156. The summed E-state index contributed by atoms with van der Waals surface area (Å²) in [6.07, 6.45) is 0. The van der Waals surface area contributed by atoms with Crippen LogP contribution in [0.3, 0.4) is 0 Å². The van der Waals surface area contributed by atoms with Crippen molar-refractivity contribution in [2.24, 2.45) is 0 Å². The van der Waals surface area contributed by atoms with Gasteiger partial charge in [-0.15, -0.1) is 35.3 Å². The van der Waals surface area contributed by atoms with Crippen LogP contribution in [-0.4, -0.2) is 0 Å². The normalized spacial score (nSPS) is 11.4. The summed E-state index contributed by atoms with van der Waals surface area (Å²) in [4.78, 5) is 3.50. The molecule has 7 aromatic rings. The third-order valence-corrected chi connectivity index (χ3v) is 13.2. The minimum absolute atomic E-state index is 0.746. The lowest BCUT2D eigenvalue weighted by atomic mass is 9.90. The molecule has 0 atom stereocenters. The summed E-state index contributed by atoms with van der Waals surface area (Å²) in [7, 11) is 0. The first-order valence-electron chi connectivity index (χ1n) is 17.3. The number of hydrogen-bond donors (Lipinski definition) is 3. The number of thioether (sulfide) groups is 3. The van der Waals surface area contributed by atoms with Gasteiger partial charge >= 0.3 is 0 Å². The van der Waals surface area contributed by atoms with Gasteiger partial charge in [0.25, 0.3) is 0 Å². The molecule has 0 aromatic heterocycles. The Morgan fingerprint density at radius 1 is 0.451 bits per heavy atom. The zero-order chi connectivity index (χ0) is 35.3. The molecule has 0 heterocycles. The van der Waals surface area contributed by atoms with Gasteiger partial charge in [-0.05, 0) is 124 Å². The number of nitrogen functional groups attached to an aromatic ring is 2. The van der Waals surface area contributed by atoms with E-state index >= 15 is 0 Å². The van der Waals surface area contributed by atoms with E-state index in [0.29, 0.717) is 0 Å². The molecule has 3 nitrogen and oxygen atoms in total. The van der Waals surface area contributed by atoms with Crippen LogP contribution in [0.1, 0.15) is 38.9 Å². The maximum absolute atomic E-state index is 6.37. The maximum atomic E-state index is 6.37. The van der Waals surface area contributed by atoms with E-state index in [9.17, 15) is 0 Å². The Kier molecular flexibility index (Phi) is 10.8. The van der Waals surface area contributed by atoms with E-state index in [-0.39, 0.29) is 0 Å². The summed E-state index contributed by atoms with van der Waals surface area (Å²) in [5.74, 6) is 2.61. The van der Waals surface area contributed by atoms with E-state index in [1.54, 1.807) is 0 Å². The first-order valence-corrected chi connectivity index (χ1v) is 20.2. The zero-order valence-electron chi connectivity index (χ0n) is 29.3. The summed E-state index contributed by atoms with van der Waals surface area (Å²) in [5, 5.41) is 8.98. The molecular weight excluding hydrogens is 679 g/mol. The first kappa shape index (κ1) is 34.9. The highest BCUT2D eigenvalue weighted by molar-refractivity contribution is 7.99. The number of nitrogens with one attached hydrogen (secondary N) is 1. The van der Waals surface area contributed by atoms with Crippen LogP contribution in [0.4, 0.5) is 17.1 Å². The van der Waals surface area contributed by atoms with Crippen molar-refractivity contribution in [2.45, 2.75) is 59.3 Å². The second-order valence-electron chi connectivity index (χ2n) is 12.9. The lowest BCUT2D eigenvalue weighted by Gasteiger charge is -2.23.